The van der Waals surface area contributed by atoms with Gasteiger partial charge in [0.05, 0.1) is 18.0 Å². The maximum absolute atomic E-state index is 12.0. The van der Waals surface area contributed by atoms with Crippen molar-refractivity contribution in [3.63, 3.8) is 0 Å². The summed E-state index contributed by atoms with van der Waals surface area (Å²) in [4.78, 5) is 0.227. The third-order valence-corrected chi connectivity index (χ3v) is 4.07. The summed E-state index contributed by atoms with van der Waals surface area (Å²) in [5.74, 6) is 0. The van der Waals surface area contributed by atoms with Crippen molar-refractivity contribution in [2.24, 2.45) is 5.73 Å². The van der Waals surface area contributed by atoms with Crippen LogP contribution >= 0.6 is 0 Å². The van der Waals surface area contributed by atoms with Gasteiger partial charge in [-0.25, -0.2) is 13.1 Å². The van der Waals surface area contributed by atoms with Crippen LogP contribution in [0.15, 0.2) is 4.90 Å². The maximum atomic E-state index is 12.0. The quantitative estimate of drug-likeness (QED) is 0.563. The fourth-order valence-electron chi connectivity index (χ4n) is 1.57. The van der Waals surface area contributed by atoms with Gasteiger partial charge in [0, 0.05) is 19.7 Å². The van der Waals surface area contributed by atoms with E-state index in [2.05, 4.69) is 14.9 Å². The number of H-pyrrole nitrogens is 1. The Morgan fingerprint density at radius 3 is 2.67 bits per heavy atom. The van der Waals surface area contributed by atoms with Crippen molar-refractivity contribution in [1.29, 1.82) is 0 Å². The molecule has 0 spiro atoms. The highest BCUT2D eigenvalue weighted by Crippen LogP contribution is 2.15. The Bertz CT molecular complexity index is 450. The molecule has 0 aliphatic carbocycles. The molecule has 0 bridgehead atoms. The Morgan fingerprint density at radius 1 is 1.39 bits per heavy atom. The van der Waals surface area contributed by atoms with E-state index in [0.717, 1.165) is 0 Å². The molecule has 0 saturated heterocycles. The third-order valence-electron chi connectivity index (χ3n) is 2.35. The molecule has 0 saturated carbocycles. The average molecular weight is 276 g/mol. The second kappa shape index (κ2) is 6.83. The van der Waals surface area contributed by atoms with E-state index < -0.39 is 10.0 Å². The summed E-state index contributed by atoms with van der Waals surface area (Å²) in [5, 5.41) is 6.52. The van der Waals surface area contributed by atoms with Gasteiger partial charge in [0.1, 0.15) is 4.90 Å². The molecular formula is C10H20N4O3S. The number of sulfonamides is 1. The number of nitrogens with zero attached hydrogens (tertiary/aromatic N) is 1. The van der Waals surface area contributed by atoms with Gasteiger partial charge in [-0.2, -0.15) is 5.10 Å². The van der Waals surface area contributed by atoms with E-state index in [0.29, 0.717) is 44.1 Å². The molecule has 1 aromatic heterocycles. The first kappa shape index (κ1) is 15.1. The maximum Gasteiger partial charge on any atom is 0.244 e. The Labute approximate surface area is 107 Å². The first-order valence-corrected chi connectivity index (χ1v) is 7.26. The van der Waals surface area contributed by atoms with Crippen LogP contribution in [-0.4, -0.2) is 44.9 Å². The van der Waals surface area contributed by atoms with Gasteiger partial charge >= 0.3 is 0 Å². The molecule has 1 rings (SSSR count). The van der Waals surface area contributed by atoms with Crippen LogP contribution in [0.3, 0.4) is 0 Å². The molecule has 7 nitrogen and oxygen atoms in total. The number of rotatable bonds is 8. The lowest BCUT2D eigenvalue weighted by Gasteiger charge is -2.07. The van der Waals surface area contributed by atoms with E-state index >= 15 is 0 Å². The van der Waals surface area contributed by atoms with Crippen LogP contribution in [0.25, 0.3) is 0 Å². The van der Waals surface area contributed by atoms with Crippen molar-refractivity contribution in [3.05, 3.63) is 11.4 Å². The van der Waals surface area contributed by atoms with E-state index in [9.17, 15) is 8.42 Å². The molecule has 0 atom stereocenters. The van der Waals surface area contributed by atoms with E-state index in [1.807, 2.05) is 0 Å². The van der Waals surface area contributed by atoms with Crippen LogP contribution in [0.1, 0.15) is 17.8 Å². The smallest absolute Gasteiger partial charge is 0.244 e. The number of nitrogens with one attached hydrogen (secondary N) is 2. The number of hydrogen-bond donors (Lipinski definition) is 3. The molecule has 0 unspecified atom stereocenters. The average Bonchev–Trinajstić information content (AvgIpc) is 2.64. The lowest BCUT2D eigenvalue weighted by Crippen LogP contribution is -2.26. The number of aryl methyl sites for hydroxylation is 2. The first-order valence-electron chi connectivity index (χ1n) is 5.78. The van der Waals surface area contributed by atoms with Crippen molar-refractivity contribution in [2.45, 2.75) is 25.2 Å². The summed E-state index contributed by atoms with van der Waals surface area (Å²) >= 11 is 0. The van der Waals surface area contributed by atoms with Crippen LogP contribution in [0.4, 0.5) is 0 Å². The van der Waals surface area contributed by atoms with Gasteiger partial charge in [0.2, 0.25) is 10.0 Å². The summed E-state index contributed by atoms with van der Waals surface area (Å²) in [6.07, 6.45) is 0.606. The van der Waals surface area contributed by atoms with Gasteiger partial charge in [0.15, 0.2) is 0 Å². The summed E-state index contributed by atoms with van der Waals surface area (Å²) in [6.45, 7) is 5.12. The fraction of sp³-hybridized carbons (Fsp3) is 0.700. The minimum Gasteiger partial charge on any atom is -0.380 e. The molecule has 1 aromatic rings. The SMILES string of the molecule is Cc1n[nH]c(C)c1S(=O)(=O)NCCCOCCN. The van der Waals surface area contributed by atoms with Crippen molar-refractivity contribution in [3.8, 4) is 0 Å². The monoisotopic (exact) mass is 276 g/mol. The molecule has 4 N–H and O–H groups in total. The Kier molecular flexibility index (Phi) is 5.73. The number of nitrogens with two attached hydrogens (primary N) is 1. The molecule has 8 heteroatoms. The minimum atomic E-state index is -3.50. The van der Waals surface area contributed by atoms with Crippen molar-refractivity contribution in [1.82, 2.24) is 14.9 Å². The van der Waals surface area contributed by atoms with Crippen molar-refractivity contribution >= 4 is 10.0 Å². The van der Waals surface area contributed by atoms with Gasteiger partial charge in [-0.15, -0.1) is 0 Å². The van der Waals surface area contributed by atoms with Crippen LogP contribution < -0.4 is 10.5 Å². The summed E-state index contributed by atoms with van der Waals surface area (Å²) < 4.78 is 31.7. The molecule has 0 aromatic carbocycles. The van der Waals surface area contributed by atoms with E-state index in [1.165, 1.54) is 0 Å². The molecule has 18 heavy (non-hydrogen) atoms. The largest absolute Gasteiger partial charge is 0.380 e. The second-order valence-corrected chi connectivity index (χ2v) is 5.62. The van der Waals surface area contributed by atoms with Gasteiger partial charge in [-0.05, 0) is 20.3 Å². The number of ether oxygens (including phenoxy) is 1. The van der Waals surface area contributed by atoms with Gasteiger partial charge in [0.25, 0.3) is 0 Å². The Balaban J connectivity index is 2.46. The highest BCUT2D eigenvalue weighted by Gasteiger charge is 2.21. The Morgan fingerprint density at radius 2 is 2.11 bits per heavy atom. The van der Waals surface area contributed by atoms with Crippen molar-refractivity contribution < 1.29 is 13.2 Å². The number of hydrogen-bond acceptors (Lipinski definition) is 5. The lowest BCUT2D eigenvalue weighted by molar-refractivity contribution is 0.140. The number of aromatic amines is 1. The third kappa shape index (κ3) is 4.05. The van der Waals surface area contributed by atoms with E-state index in [4.69, 9.17) is 10.5 Å². The topological polar surface area (TPSA) is 110 Å². The standard InChI is InChI=1S/C10H20N4O3S/c1-8-10(9(2)14-13-8)18(15,16)12-5-3-6-17-7-4-11/h12H,3-7,11H2,1-2H3,(H,13,14). The molecule has 1 heterocycles. The fourth-order valence-corrected chi connectivity index (χ4v) is 3.02. The molecule has 0 radical (unpaired) electrons. The first-order chi connectivity index (χ1) is 8.49. The molecule has 0 aliphatic heterocycles. The summed E-state index contributed by atoms with van der Waals surface area (Å²) in [7, 11) is -3.50. The van der Waals surface area contributed by atoms with Gasteiger partial charge in [-0.1, -0.05) is 0 Å². The predicted molar refractivity (Wildman–Crippen MR) is 67.7 cm³/mol. The van der Waals surface area contributed by atoms with Crippen LogP contribution in [0.5, 0.6) is 0 Å². The van der Waals surface area contributed by atoms with Crippen LogP contribution in [0, 0.1) is 13.8 Å². The molecular weight excluding hydrogens is 256 g/mol. The van der Waals surface area contributed by atoms with Gasteiger partial charge < -0.3 is 10.5 Å². The zero-order chi connectivity index (χ0) is 13.6. The molecule has 0 aliphatic rings. The van der Waals surface area contributed by atoms with Crippen molar-refractivity contribution in [2.75, 3.05) is 26.3 Å². The second-order valence-electron chi connectivity index (χ2n) is 3.92. The predicted octanol–water partition coefficient (Wildman–Crippen LogP) is -0.330. The lowest BCUT2D eigenvalue weighted by atomic mass is 10.4. The molecule has 104 valence electrons. The van der Waals surface area contributed by atoms with E-state index in [1.54, 1.807) is 13.8 Å². The van der Waals surface area contributed by atoms with E-state index in [-0.39, 0.29) is 4.90 Å². The van der Waals surface area contributed by atoms with Crippen LogP contribution in [-0.2, 0) is 14.8 Å². The number of aromatic nitrogens is 2. The Hall–Kier alpha value is -0.960. The summed E-state index contributed by atoms with van der Waals surface area (Å²) in [6, 6.07) is 0. The molecule has 0 fully saturated rings. The zero-order valence-corrected chi connectivity index (χ0v) is 11.5. The zero-order valence-electron chi connectivity index (χ0n) is 10.7. The highest BCUT2D eigenvalue weighted by atomic mass is 32.2. The highest BCUT2D eigenvalue weighted by molar-refractivity contribution is 7.89. The normalized spacial score (nSPS) is 11.9. The molecule has 0 amide bonds. The van der Waals surface area contributed by atoms with Crippen LogP contribution in [0.2, 0.25) is 0 Å². The summed E-state index contributed by atoms with van der Waals surface area (Å²) in [5.41, 5.74) is 6.28. The minimum absolute atomic E-state index is 0.227. The van der Waals surface area contributed by atoms with Gasteiger partial charge in [-0.3, -0.25) is 5.10 Å².